The molecule has 10 nitrogen and oxygen atoms in total. The maximum Gasteiger partial charge on any atom is 0.373 e. The van der Waals surface area contributed by atoms with Gasteiger partial charge in [0, 0.05) is 6.08 Å². The Morgan fingerprint density at radius 2 is 2.00 bits per heavy atom. The molecule has 3 aromatic heterocycles. The maximum atomic E-state index is 12.7. The van der Waals surface area contributed by atoms with Crippen LogP contribution in [0.1, 0.15) is 22.1 Å². The van der Waals surface area contributed by atoms with Gasteiger partial charge in [0.05, 0.1) is 24.7 Å². The number of methoxy groups -OCH3 is 1. The first kappa shape index (κ1) is 20.6. The van der Waals surface area contributed by atoms with E-state index in [1.807, 2.05) is 24.3 Å². The number of ether oxygens (including phenoxy) is 1. The van der Waals surface area contributed by atoms with Crippen molar-refractivity contribution in [3.63, 3.8) is 0 Å². The van der Waals surface area contributed by atoms with E-state index in [9.17, 15) is 14.4 Å². The molecule has 1 aromatic carbocycles. The number of nitrogens with zero attached hydrogens (tertiary/aromatic N) is 2. The number of imide groups is 1. The fourth-order valence-corrected chi connectivity index (χ4v) is 4.00. The molecular formula is C22H16N4O6S. The molecule has 4 aromatic rings. The Balaban J connectivity index is 1.28. The number of aromatic nitrogens is 2. The summed E-state index contributed by atoms with van der Waals surface area (Å²) in [6.45, 7) is -0.135. The number of carbonyl (C=O) groups is 3. The molecule has 0 atom stereocenters. The van der Waals surface area contributed by atoms with E-state index in [-0.39, 0.29) is 23.8 Å². The Hall–Kier alpha value is -4.25. The van der Waals surface area contributed by atoms with Crippen molar-refractivity contribution in [3.8, 4) is 0 Å². The highest BCUT2D eigenvalue weighted by molar-refractivity contribution is 7.99. The molecule has 1 fully saturated rings. The molecule has 1 aliphatic heterocycles. The number of amides is 3. The predicted molar refractivity (Wildman–Crippen MR) is 116 cm³/mol. The Morgan fingerprint density at radius 1 is 1.15 bits per heavy atom. The van der Waals surface area contributed by atoms with Gasteiger partial charge in [0.2, 0.25) is 5.76 Å². The van der Waals surface area contributed by atoms with Gasteiger partial charge in [0.25, 0.3) is 5.91 Å². The van der Waals surface area contributed by atoms with Crippen LogP contribution in [0.4, 0.5) is 4.79 Å². The summed E-state index contributed by atoms with van der Waals surface area (Å²) in [5, 5.41) is 3.76. The molecule has 0 radical (unpaired) electrons. The van der Waals surface area contributed by atoms with E-state index in [1.165, 1.54) is 37.1 Å². The molecule has 5 rings (SSSR count). The molecule has 33 heavy (non-hydrogen) atoms. The van der Waals surface area contributed by atoms with Gasteiger partial charge < -0.3 is 23.9 Å². The molecule has 0 saturated carbocycles. The fraction of sp³-hybridized carbons (Fsp3) is 0.0909. The quantitative estimate of drug-likeness (QED) is 0.250. The molecule has 1 aliphatic rings. The Labute approximate surface area is 190 Å². The molecule has 11 heteroatoms. The van der Waals surface area contributed by atoms with Crippen LogP contribution in [0.5, 0.6) is 0 Å². The number of furan rings is 2. The fourth-order valence-electron chi connectivity index (χ4n) is 3.23. The lowest BCUT2D eigenvalue weighted by molar-refractivity contribution is -0.123. The van der Waals surface area contributed by atoms with Crippen LogP contribution in [-0.2, 0) is 16.1 Å². The highest BCUT2D eigenvalue weighted by Crippen LogP contribution is 2.29. The lowest BCUT2D eigenvalue weighted by Gasteiger charge is -2.09. The summed E-state index contributed by atoms with van der Waals surface area (Å²) in [5.74, 6) is -0.541. The summed E-state index contributed by atoms with van der Waals surface area (Å²) in [7, 11) is 1.23. The first-order valence-electron chi connectivity index (χ1n) is 9.74. The normalized spacial score (nSPS) is 14.9. The van der Waals surface area contributed by atoms with Gasteiger partial charge in [0.1, 0.15) is 17.2 Å². The number of aromatic amines is 1. The van der Waals surface area contributed by atoms with E-state index in [1.54, 1.807) is 12.1 Å². The number of urea groups is 1. The van der Waals surface area contributed by atoms with Crippen molar-refractivity contribution in [1.29, 1.82) is 0 Å². The largest absolute Gasteiger partial charge is 0.463 e. The lowest BCUT2D eigenvalue weighted by Crippen LogP contribution is -2.30. The van der Waals surface area contributed by atoms with Crippen LogP contribution in [-0.4, -0.2) is 39.9 Å². The van der Waals surface area contributed by atoms with Gasteiger partial charge in [-0.25, -0.2) is 14.6 Å². The van der Waals surface area contributed by atoms with Crippen LogP contribution in [0.25, 0.3) is 17.1 Å². The van der Waals surface area contributed by atoms with Gasteiger partial charge in [0.15, 0.2) is 10.2 Å². The average Bonchev–Trinajstić information content (AvgIpc) is 3.58. The second-order valence-corrected chi connectivity index (χ2v) is 7.95. The van der Waals surface area contributed by atoms with E-state index in [2.05, 4.69) is 20.0 Å². The summed E-state index contributed by atoms with van der Waals surface area (Å²) in [6, 6.07) is 13.4. The van der Waals surface area contributed by atoms with Crippen LogP contribution >= 0.6 is 11.8 Å². The van der Waals surface area contributed by atoms with Gasteiger partial charge in [-0.1, -0.05) is 12.1 Å². The van der Waals surface area contributed by atoms with E-state index in [0.29, 0.717) is 16.0 Å². The number of benzene rings is 1. The molecular weight excluding hydrogens is 448 g/mol. The summed E-state index contributed by atoms with van der Waals surface area (Å²) < 4.78 is 15.7. The third-order valence-electron chi connectivity index (χ3n) is 4.78. The number of imidazole rings is 1. The molecule has 3 amide bonds. The molecule has 1 saturated heterocycles. The average molecular weight is 464 g/mol. The number of para-hydroxylation sites is 2. The first-order valence-corrected chi connectivity index (χ1v) is 10.6. The van der Waals surface area contributed by atoms with Gasteiger partial charge in [-0.15, -0.1) is 0 Å². The van der Waals surface area contributed by atoms with Crippen LogP contribution in [0.15, 0.2) is 73.3 Å². The minimum absolute atomic E-state index is 0.0135. The summed E-state index contributed by atoms with van der Waals surface area (Å²) in [4.78, 5) is 45.2. The van der Waals surface area contributed by atoms with Crippen molar-refractivity contribution in [1.82, 2.24) is 20.2 Å². The molecule has 2 N–H and O–H groups in total. The van der Waals surface area contributed by atoms with Crippen LogP contribution in [0.3, 0.4) is 0 Å². The van der Waals surface area contributed by atoms with E-state index >= 15 is 0 Å². The van der Waals surface area contributed by atoms with Crippen molar-refractivity contribution in [2.75, 3.05) is 7.11 Å². The van der Waals surface area contributed by atoms with Crippen molar-refractivity contribution in [3.05, 3.63) is 71.5 Å². The second-order valence-electron chi connectivity index (χ2n) is 6.95. The number of carbonyl (C=O) groups excluding carboxylic acids is 3. The molecule has 4 heterocycles. The van der Waals surface area contributed by atoms with Crippen molar-refractivity contribution in [2.24, 2.45) is 0 Å². The number of fused-ring (bicyclic) bond motifs is 1. The number of nitrogens with one attached hydrogen (secondary N) is 2. The highest BCUT2D eigenvalue weighted by Gasteiger charge is 2.34. The van der Waals surface area contributed by atoms with E-state index < -0.39 is 17.9 Å². The monoisotopic (exact) mass is 464 g/mol. The third kappa shape index (κ3) is 4.13. The minimum Gasteiger partial charge on any atom is -0.463 e. The number of esters is 1. The number of hydrogen-bond acceptors (Lipinski definition) is 8. The zero-order valence-corrected chi connectivity index (χ0v) is 18.0. The third-order valence-corrected chi connectivity index (χ3v) is 5.59. The SMILES string of the molecule is COC(=O)c1ccc(CN2C(=O)N/C(=C\c3ccc(Sc4nc5ccccc5[nH]4)o3)C2=O)o1. The lowest BCUT2D eigenvalue weighted by atomic mass is 10.3. The van der Waals surface area contributed by atoms with Crippen molar-refractivity contribution < 1.29 is 28.0 Å². The van der Waals surface area contributed by atoms with E-state index in [0.717, 1.165) is 15.9 Å². The highest BCUT2D eigenvalue weighted by atomic mass is 32.2. The predicted octanol–water partition coefficient (Wildman–Crippen LogP) is 3.78. The van der Waals surface area contributed by atoms with Crippen LogP contribution < -0.4 is 5.32 Å². The van der Waals surface area contributed by atoms with Gasteiger partial charge in [-0.2, -0.15) is 0 Å². The molecule has 0 unspecified atom stereocenters. The zero-order chi connectivity index (χ0) is 22.9. The smallest absolute Gasteiger partial charge is 0.373 e. The minimum atomic E-state index is -0.645. The van der Waals surface area contributed by atoms with Crippen LogP contribution in [0.2, 0.25) is 0 Å². The first-order chi connectivity index (χ1) is 16.0. The standard InChI is InChI=1S/C22H16N4O6S/c1-30-20(28)17-8-6-13(31-17)11-26-19(27)16(25-22(26)29)10-12-7-9-18(32-12)33-21-23-14-4-2-3-5-15(14)24-21/h2-10H,11H2,1H3,(H,23,24)(H,25,29)/b16-10-. The zero-order valence-electron chi connectivity index (χ0n) is 17.2. The second kappa shape index (κ2) is 8.36. The molecule has 0 bridgehead atoms. The summed E-state index contributed by atoms with van der Waals surface area (Å²) in [5.41, 5.74) is 1.83. The number of H-pyrrole nitrogens is 1. The summed E-state index contributed by atoms with van der Waals surface area (Å²) in [6.07, 6.45) is 1.45. The maximum absolute atomic E-state index is 12.7. The van der Waals surface area contributed by atoms with Gasteiger partial charge >= 0.3 is 12.0 Å². The van der Waals surface area contributed by atoms with Crippen LogP contribution in [0, 0.1) is 0 Å². The molecule has 0 aliphatic carbocycles. The van der Waals surface area contributed by atoms with Crippen molar-refractivity contribution >= 4 is 46.8 Å². The topological polar surface area (TPSA) is 131 Å². The molecule has 166 valence electrons. The van der Waals surface area contributed by atoms with Gasteiger partial charge in [-0.05, 0) is 48.2 Å². The number of hydrogen-bond donors (Lipinski definition) is 2. The van der Waals surface area contributed by atoms with Gasteiger partial charge in [-0.3, -0.25) is 9.69 Å². The molecule has 0 spiro atoms. The summed E-state index contributed by atoms with van der Waals surface area (Å²) >= 11 is 1.31. The number of rotatable bonds is 6. The van der Waals surface area contributed by atoms with E-state index in [4.69, 9.17) is 8.83 Å². The Morgan fingerprint density at radius 3 is 2.82 bits per heavy atom. The Bertz CT molecular complexity index is 1380. The Kier molecular flexibility index (Phi) is 5.23. The van der Waals surface area contributed by atoms with Crippen molar-refractivity contribution in [2.45, 2.75) is 16.8 Å².